The summed E-state index contributed by atoms with van der Waals surface area (Å²) in [6.45, 7) is 0. The molecule has 0 bridgehead atoms. The number of carbonyl (C=O) groups is 2. The van der Waals surface area contributed by atoms with E-state index < -0.39 is 35.6 Å². The first-order chi connectivity index (χ1) is 13.1. The van der Waals surface area contributed by atoms with Gasteiger partial charge >= 0.3 is 6.18 Å². The lowest BCUT2D eigenvalue weighted by atomic mass is 9.89. The van der Waals surface area contributed by atoms with Crippen LogP contribution in [0.2, 0.25) is 5.02 Å². The third-order valence-electron chi connectivity index (χ3n) is 3.86. The van der Waals surface area contributed by atoms with Crippen molar-refractivity contribution in [3.8, 4) is 5.75 Å². The highest BCUT2D eigenvalue weighted by Gasteiger charge is 2.56. The van der Waals surface area contributed by atoms with Crippen LogP contribution in [0.15, 0.2) is 48.5 Å². The molecule has 0 fully saturated rings. The Morgan fingerprint density at radius 3 is 2.32 bits per heavy atom. The average Bonchev–Trinajstić information content (AvgIpc) is 2.65. The number of carbonyl (C=O) groups excluding carboxylic acids is 2. The van der Waals surface area contributed by atoms with Gasteiger partial charge in [0.15, 0.2) is 5.60 Å². The lowest BCUT2D eigenvalue weighted by Crippen LogP contribution is -2.49. The Morgan fingerprint density at radius 1 is 1.11 bits per heavy atom. The fourth-order valence-electron chi connectivity index (χ4n) is 2.41. The number of hydrogen-bond donors (Lipinski definition) is 3. The highest BCUT2D eigenvalue weighted by Crippen LogP contribution is 2.41. The fourth-order valence-corrected chi connectivity index (χ4v) is 2.58. The van der Waals surface area contributed by atoms with Crippen LogP contribution in [0, 0.1) is 0 Å². The standard InChI is InChI=1S/C18H16ClF3N2O4/c1-28-14-8-7-12(19)9-13(14)16(26)24-23-15(25)10-17(27,18(20,21)22)11-5-3-2-4-6-11/h2-9,27H,10H2,1H3,(H,23,25)(H,24,26)/t17-/m1/s1. The summed E-state index contributed by atoms with van der Waals surface area (Å²) in [5.41, 5.74) is -0.134. The molecule has 2 amide bonds. The molecule has 0 aliphatic rings. The molecule has 0 spiro atoms. The number of halogens is 4. The second-order valence-electron chi connectivity index (χ2n) is 5.75. The Balaban J connectivity index is 2.12. The van der Waals surface area contributed by atoms with Gasteiger partial charge in [0.05, 0.1) is 19.1 Å². The van der Waals surface area contributed by atoms with Gasteiger partial charge in [-0.3, -0.25) is 20.4 Å². The molecule has 1 atom stereocenters. The van der Waals surface area contributed by atoms with Gasteiger partial charge < -0.3 is 9.84 Å². The number of nitrogens with one attached hydrogen (secondary N) is 2. The SMILES string of the molecule is COc1ccc(Cl)cc1C(=O)NNC(=O)C[C@@](O)(c1ccccc1)C(F)(F)F. The van der Waals surface area contributed by atoms with Crippen LogP contribution in [0.4, 0.5) is 13.2 Å². The predicted octanol–water partition coefficient (Wildman–Crippen LogP) is 2.95. The van der Waals surface area contributed by atoms with Crippen molar-refractivity contribution in [2.24, 2.45) is 0 Å². The van der Waals surface area contributed by atoms with Crippen LogP contribution in [-0.2, 0) is 10.4 Å². The molecule has 6 nitrogen and oxygen atoms in total. The minimum absolute atomic E-state index is 0.0376. The van der Waals surface area contributed by atoms with Crippen molar-refractivity contribution in [3.05, 3.63) is 64.7 Å². The molecule has 0 aliphatic heterocycles. The van der Waals surface area contributed by atoms with Gasteiger partial charge in [-0.05, 0) is 23.8 Å². The van der Waals surface area contributed by atoms with Crippen LogP contribution >= 0.6 is 11.6 Å². The van der Waals surface area contributed by atoms with Gasteiger partial charge in [-0.1, -0.05) is 41.9 Å². The summed E-state index contributed by atoms with van der Waals surface area (Å²) in [5, 5.41) is 10.4. The number of amides is 2. The third-order valence-corrected chi connectivity index (χ3v) is 4.09. The molecule has 28 heavy (non-hydrogen) atoms. The maximum atomic E-state index is 13.4. The number of ether oxygens (including phenoxy) is 1. The minimum atomic E-state index is -5.12. The number of methoxy groups -OCH3 is 1. The van der Waals surface area contributed by atoms with Gasteiger partial charge in [0.2, 0.25) is 5.91 Å². The highest BCUT2D eigenvalue weighted by molar-refractivity contribution is 6.31. The van der Waals surface area contributed by atoms with Crippen molar-refractivity contribution in [2.75, 3.05) is 7.11 Å². The first-order valence-corrected chi connectivity index (χ1v) is 8.23. The lowest BCUT2D eigenvalue weighted by molar-refractivity contribution is -0.267. The molecule has 2 aromatic carbocycles. The topological polar surface area (TPSA) is 87.7 Å². The van der Waals surface area contributed by atoms with E-state index in [2.05, 4.69) is 0 Å². The van der Waals surface area contributed by atoms with Crippen molar-refractivity contribution in [1.29, 1.82) is 0 Å². The summed E-state index contributed by atoms with van der Waals surface area (Å²) < 4.78 is 45.2. The molecule has 0 aliphatic carbocycles. The van der Waals surface area contributed by atoms with E-state index in [1.54, 1.807) is 0 Å². The summed E-state index contributed by atoms with van der Waals surface area (Å²) in [6, 6.07) is 10.3. The Morgan fingerprint density at radius 2 is 1.75 bits per heavy atom. The smallest absolute Gasteiger partial charge is 0.421 e. The number of alkyl halides is 3. The summed E-state index contributed by atoms with van der Waals surface area (Å²) in [4.78, 5) is 24.2. The second-order valence-corrected chi connectivity index (χ2v) is 6.18. The molecular formula is C18H16ClF3N2O4. The van der Waals surface area contributed by atoms with Crippen LogP contribution in [0.25, 0.3) is 0 Å². The van der Waals surface area contributed by atoms with Crippen LogP contribution in [0.1, 0.15) is 22.3 Å². The zero-order valence-corrected chi connectivity index (χ0v) is 15.3. The molecule has 10 heteroatoms. The largest absolute Gasteiger partial charge is 0.496 e. The normalized spacial score (nSPS) is 13.4. The van der Waals surface area contributed by atoms with Crippen LogP contribution in [0.5, 0.6) is 5.75 Å². The number of aliphatic hydroxyl groups is 1. The molecule has 0 radical (unpaired) electrons. The lowest BCUT2D eigenvalue weighted by Gasteiger charge is -2.30. The fraction of sp³-hybridized carbons (Fsp3) is 0.222. The number of benzene rings is 2. The van der Waals surface area contributed by atoms with Gasteiger partial charge in [0.1, 0.15) is 5.75 Å². The van der Waals surface area contributed by atoms with Crippen LogP contribution in [0.3, 0.4) is 0 Å². The molecular weight excluding hydrogens is 401 g/mol. The van der Waals surface area contributed by atoms with E-state index in [0.717, 1.165) is 12.1 Å². The van der Waals surface area contributed by atoms with Crippen LogP contribution < -0.4 is 15.6 Å². The van der Waals surface area contributed by atoms with E-state index in [9.17, 15) is 27.9 Å². The van der Waals surface area contributed by atoms with Crippen LogP contribution in [-0.4, -0.2) is 30.2 Å². The third kappa shape index (κ3) is 4.73. The van der Waals surface area contributed by atoms with Crippen molar-refractivity contribution in [1.82, 2.24) is 10.9 Å². The molecule has 150 valence electrons. The Hall–Kier alpha value is -2.78. The van der Waals surface area contributed by atoms with E-state index in [0.29, 0.717) is 0 Å². The molecule has 2 aromatic rings. The molecule has 0 saturated carbocycles. The summed E-state index contributed by atoms with van der Waals surface area (Å²) >= 11 is 5.80. The maximum Gasteiger partial charge on any atom is 0.421 e. The van der Waals surface area contributed by atoms with E-state index in [1.165, 1.54) is 43.5 Å². The van der Waals surface area contributed by atoms with Gasteiger partial charge in [-0.15, -0.1) is 0 Å². The Bertz CT molecular complexity index is 862. The molecule has 0 unspecified atom stereocenters. The molecule has 2 rings (SSSR count). The van der Waals surface area contributed by atoms with Crippen molar-refractivity contribution in [3.63, 3.8) is 0 Å². The van der Waals surface area contributed by atoms with Crippen molar-refractivity contribution >= 4 is 23.4 Å². The molecule has 0 heterocycles. The first-order valence-electron chi connectivity index (χ1n) is 7.86. The molecule has 3 N–H and O–H groups in total. The van der Waals surface area contributed by atoms with E-state index in [4.69, 9.17) is 16.3 Å². The summed E-state index contributed by atoms with van der Waals surface area (Å²) in [6.07, 6.45) is -6.47. The minimum Gasteiger partial charge on any atom is -0.496 e. The Kier molecular flexibility index (Phi) is 6.52. The number of hydrazine groups is 1. The Labute approximate surface area is 163 Å². The van der Waals surface area contributed by atoms with Gasteiger partial charge in [0.25, 0.3) is 5.91 Å². The van der Waals surface area contributed by atoms with E-state index in [1.807, 2.05) is 10.9 Å². The molecule has 0 aromatic heterocycles. The van der Waals surface area contributed by atoms with Gasteiger partial charge in [-0.2, -0.15) is 13.2 Å². The number of rotatable bonds is 5. The van der Waals surface area contributed by atoms with Gasteiger partial charge in [-0.25, -0.2) is 0 Å². The molecule has 0 saturated heterocycles. The van der Waals surface area contributed by atoms with E-state index >= 15 is 0 Å². The predicted molar refractivity (Wildman–Crippen MR) is 94.6 cm³/mol. The number of hydrogen-bond acceptors (Lipinski definition) is 4. The first kappa shape index (κ1) is 21.5. The zero-order valence-electron chi connectivity index (χ0n) is 14.5. The maximum absolute atomic E-state index is 13.4. The van der Waals surface area contributed by atoms with Crippen molar-refractivity contribution in [2.45, 2.75) is 18.2 Å². The highest BCUT2D eigenvalue weighted by atomic mass is 35.5. The average molecular weight is 417 g/mol. The second kappa shape index (κ2) is 8.49. The van der Waals surface area contributed by atoms with Crippen molar-refractivity contribution < 1.29 is 32.6 Å². The zero-order chi connectivity index (χ0) is 20.9. The summed E-state index contributed by atoms with van der Waals surface area (Å²) in [5.74, 6) is -1.96. The monoisotopic (exact) mass is 416 g/mol. The summed E-state index contributed by atoms with van der Waals surface area (Å²) in [7, 11) is 1.31. The quantitative estimate of drug-likeness (QED) is 0.654. The van der Waals surface area contributed by atoms with Gasteiger partial charge in [0, 0.05) is 5.02 Å². The van der Waals surface area contributed by atoms with E-state index in [-0.39, 0.29) is 16.3 Å².